The first-order valence-corrected chi connectivity index (χ1v) is 10.9. The molecule has 2 aliphatic rings. The summed E-state index contributed by atoms with van der Waals surface area (Å²) in [6, 6.07) is 8.11. The number of amides is 1. The maximum Gasteiger partial charge on any atom is 0.253 e. The number of aryl methyl sites for hydroxylation is 1. The predicted octanol–water partition coefficient (Wildman–Crippen LogP) is 2.24. The lowest BCUT2D eigenvalue weighted by Gasteiger charge is -2.34. The average Bonchev–Trinajstić information content (AvgIpc) is 3.13. The quantitative estimate of drug-likeness (QED) is 0.770. The number of hydrogen-bond acceptors (Lipinski definition) is 6. The van der Waals surface area contributed by atoms with Crippen molar-refractivity contribution in [3.8, 4) is 0 Å². The molecule has 0 aliphatic carbocycles. The van der Waals surface area contributed by atoms with E-state index in [1.165, 1.54) is 5.56 Å². The smallest absolute Gasteiger partial charge is 0.253 e. The van der Waals surface area contributed by atoms with Gasteiger partial charge in [0.1, 0.15) is 0 Å². The molecule has 1 aromatic carbocycles. The molecule has 4 rings (SSSR count). The first kappa shape index (κ1) is 19.5. The van der Waals surface area contributed by atoms with Gasteiger partial charge in [0.15, 0.2) is 0 Å². The molecule has 0 radical (unpaired) electrons. The number of thiazole rings is 1. The van der Waals surface area contributed by atoms with Crippen molar-refractivity contribution in [3.63, 3.8) is 0 Å². The van der Waals surface area contributed by atoms with Gasteiger partial charge in [-0.25, -0.2) is 4.98 Å². The molecule has 2 saturated heterocycles. The van der Waals surface area contributed by atoms with Crippen molar-refractivity contribution < 1.29 is 9.53 Å². The van der Waals surface area contributed by atoms with Crippen LogP contribution in [0.25, 0.3) is 0 Å². The molecule has 0 unspecified atom stereocenters. The Morgan fingerprint density at radius 2 is 1.82 bits per heavy atom. The fourth-order valence-corrected chi connectivity index (χ4v) is 4.43. The van der Waals surface area contributed by atoms with Crippen molar-refractivity contribution in [1.29, 1.82) is 0 Å². The molecule has 28 heavy (non-hydrogen) atoms. The summed E-state index contributed by atoms with van der Waals surface area (Å²) in [6.07, 6.45) is 0. The van der Waals surface area contributed by atoms with Crippen LogP contribution in [0, 0.1) is 6.92 Å². The predicted molar refractivity (Wildman–Crippen MR) is 111 cm³/mol. The summed E-state index contributed by atoms with van der Waals surface area (Å²) < 4.78 is 5.42. The lowest BCUT2D eigenvalue weighted by Crippen LogP contribution is -2.48. The fraction of sp³-hybridized carbons (Fsp3) is 0.524. The van der Waals surface area contributed by atoms with E-state index in [4.69, 9.17) is 4.74 Å². The Balaban J connectivity index is 1.31. The number of aromatic nitrogens is 1. The Kier molecular flexibility index (Phi) is 6.36. The lowest BCUT2D eigenvalue weighted by molar-refractivity contribution is 0.0341. The van der Waals surface area contributed by atoms with Crippen molar-refractivity contribution in [2.45, 2.75) is 20.0 Å². The third-order valence-corrected chi connectivity index (χ3v) is 6.22. The number of benzene rings is 1. The fourth-order valence-electron chi connectivity index (χ4n) is 3.82. The molecular formula is C21H28N4O2S. The first-order chi connectivity index (χ1) is 13.7. The molecule has 0 spiro atoms. The number of rotatable bonds is 5. The molecule has 0 saturated carbocycles. The summed E-state index contributed by atoms with van der Waals surface area (Å²) in [5.41, 5.74) is 3.14. The van der Waals surface area contributed by atoms with E-state index in [1.54, 1.807) is 11.3 Å². The molecule has 6 nitrogen and oxygen atoms in total. The highest BCUT2D eigenvalue weighted by molar-refractivity contribution is 7.09. The van der Waals surface area contributed by atoms with Crippen molar-refractivity contribution in [3.05, 3.63) is 51.5 Å². The van der Waals surface area contributed by atoms with E-state index in [0.29, 0.717) is 0 Å². The van der Waals surface area contributed by atoms with E-state index in [-0.39, 0.29) is 5.91 Å². The summed E-state index contributed by atoms with van der Waals surface area (Å²) >= 11 is 1.70. The summed E-state index contributed by atoms with van der Waals surface area (Å²) in [6.45, 7) is 10.6. The van der Waals surface area contributed by atoms with Gasteiger partial charge in [-0.3, -0.25) is 14.6 Å². The number of nitrogens with zero attached hydrogens (tertiary/aromatic N) is 4. The van der Waals surface area contributed by atoms with Crippen LogP contribution < -0.4 is 0 Å². The van der Waals surface area contributed by atoms with Gasteiger partial charge in [-0.05, 0) is 24.6 Å². The van der Waals surface area contributed by atoms with Gasteiger partial charge in [-0.1, -0.05) is 12.1 Å². The lowest BCUT2D eigenvalue weighted by atomic mass is 10.1. The molecule has 0 atom stereocenters. The standard InChI is InChI=1S/C21H28N4O2S/c1-17-22-20(16-28-17)15-23-5-7-25(8-6-23)21(26)19-4-2-3-18(13-19)14-24-9-11-27-12-10-24/h2-4,13,16H,5-12,14-15H2,1H3. The largest absolute Gasteiger partial charge is 0.379 e. The van der Waals surface area contributed by atoms with Gasteiger partial charge in [0, 0.05) is 63.3 Å². The molecule has 2 fully saturated rings. The highest BCUT2D eigenvalue weighted by Gasteiger charge is 2.23. The number of hydrogen-bond donors (Lipinski definition) is 0. The second-order valence-corrected chi connectivity index (χ2v) is 8.58. The normalized spacial score (nSPS) is 19.1. The number of carbonyl (C=O) groups excluding carboxylic acids is 1. The molecule has 2 aliphatic heterocycles. The topological polar surface area (TPSA) is 48.9 Å². The summed E-state index contributed by atoms with van der Waals surface area (Å²) in [5.74, 6) is 0.146. The molecule has 0 N–H and O–H groups in total. The molecule has 1 aromatic heterocycles. The molecule has 0 bridgehead atoms. The maximum absolute atomic E-state index is 13.0. The van der Waals surface area contributed by atoms with Crippen LogP contribution in [0.2, 0.25) is 0 Å². The van der Waals surface area contributed by atoms with E-state index in [0.717, 1.165) is 81.8 Å². The van der Waals surface area contributed by atoms with Gasteiger partial charge in [-0.2, -0.15) is 0 Å². The van der Waals surface area contributed by atoms with Crippen molar-refractivity contribution in [1.82, 2.24) is 19.7 Å². The minimum Gasteiger partial charge on any atom is -0.379 e. The monoisotopic (exact) mass is 400 g/mol. The van der Waals surface area contributed by atoms with Crippen LogP contribution in [-0.4, -0.2) is 78.1 Å². The summed E-state index contributed by atoms with van der Waals surface area (Å²) in [5, 5.41) is 3.24. The zero-order valence-corrected chi connectivity index (χ0v) is 17.3. The van der Waals surface area contributed by atoms with Gasteiger partial charge in [0.25, 0.3) is 5.91 Å². The number of ether oxygens (including phenoxy) is 1. The molecule has 2 aromatic rings. The molecular weight excluding hydrogens is 372 g/mol. The summed E-state index contributed by atoms with van der Waals surface area (Å²) in [7, 11) is 0. The van der Waals surface area contributed by atoms with Crippen molar-refractivity contribution in [2.75, 3.05) is 52.5 Å². The number of morpholine rings is 1. The van der Waals surface area contributed by atoms with Crippen LogP contribution in [0.15, 0.2) is 29.6 Å². The second-order valence-electron chi connectivity index (χ2n) is 7.52. The van der Waals surface area contributed by atoms with Gasteiger partial charge in [0.05, 0.1) is 23.9 Å². The minimum atomic E-state index is 0.146. The van der Waals surface area contributed by atoms with Gasteiger partial charge in [0.2, 0.25) is 0 Å². The third-order valence-electron chi connectivity index (χ3n) is 5.40. The van der Waals surface area contributed by atoms with E-state index in [2.05, 4.69) is 32.3 Å². The average molecular weight is 401 g/mol. The summed E-state index contributed by atoms with van der Waals surface area (Å²) in [4.78, 5) is 24.3. The Morgan fingerprint density at radius 1 is 1.07 bits per heavy atom. The van der Waals surface area contributed by atoms with Crippen LogP contribution in [-0.2, 0) is 17.8 Å². The van der Waals surface area contributed by atoms with Gasteiger partial charge in [-0.15, -0.1) is 11.3 Å². The van der Waals surface area contributed by atoms with Crippen LogP contribution in [0.4, 0.5) is 0 Å². The number of carbonyl (C=O) groups is 1. The van der Waals surface area contributed by atoms with Crippen LogP contribution in [0.3, 0.4) is 0 Å². The van der Waals surface area contributed by atoms with Crippen molar-refractivity contribution >= 4 is 17.2 Å². The highest BCUT2D eigenvalue weighted by atomic mass is 32.1. The van der Waals surface area contributed by atoms with E-state index < -0.39 is 0 Å². The highest BCUT2D eigenvalue weighted by Crippen LogP contribution is 2.15. The zero-order valence-electron chi connectivity index (χ0n) is 16.5. The van der Waals surface area contributed by atoms with Crippen LogP contribution in [0.1, 0.15) is 26.6 Å². The van der Waals surface area contributed by atoms with Gasteiger partial charge >= 0.3 is 0 Å². The molecule has 150 valence electrons. The second kappa shape index (κ2) is 9.13. The Hall–Kier alpha value is -1.80. The van der Waals surface area contributed by atoms with E-state index >= 15 is 0 Å². The number of piperazine rings is 1. The van der Waals surface area contributed by atoms with Crippen molar-refractivity contribution in [2.24, 2.45) is 0 Å². The maximum atomic E-state index is 13.0. The Labute approximate surface area is 170 Å². The van der Waals surface area contributed by atoms with Gasteiger partial charge < -0.3 is 9.64 Å². The Bertz CT molecular complexity index is 795. The first-order valence-electron chi connectivity index (χ1n) is 9.99. The van der Waals surface area contributed by atoms with E-state index in [9.17, 15) is 4.79 Å². The molecule has 3 heterocycles. The minimum absolute atomic E-state index is 0.146. The third kappa shape index (κ3) is 4.97. The SMILES string of the molecule is Cc1nc(CN2CCN(C(=O)c3cccc(CN4CCOCC4)c3)CC2)cs1. The molecule has 1 amide bonds. The van der Waals surface area contributed by atoms with Crippen LogP contribution in [0.5, 0.6) is 0 Å². The van der Waals surface area contributed by atoms with Crippen LogP contribution >= 0.6 is 11.3 Å². The zero-order chi connectivity index (χ0) is 19.3. The molecule has 7 heteroatoms. The van der Waals surface area contributed by atoms with E-state index in [1.807, 2.05) is 24.0 Å². The Morgan fingerprint density at radius 3 is 2.54 bits per heavy atom.